The summed E-state index contributed by atoms with van der Waals surface area (Å²) in [7, 11) is 0. The van der Waals surface area contributed by atoms with Crippen LogP contribution in [0.5, 0.6) is 0 Å². The highest BCUT2D eigenvalue weighted by Gasteiger charge is 2.37. The summed E-state index contributed by atoms with van der Waals surface area (Å²) in [5.41, 5.74) is 5.84. The summed E-state index contributed by atoms with van der Waals surface area (Å²) < 4.78 is 0. The van der Waals surface area contributed by atoms with Crippen LogP contribution in [0.1, 0.15) is 61.1 Å². The molecule has 1 aliphatic carbocycles. The fraction of sp³-hybridized carbons (Fsp3) is 0.435. The first-order valence-electron chi connectivity index (χ1n) is 10.1. The fourth-order valence-corrected chi connectivity index (χ4v) is 3.59. The van der Waals surface area contributed by atoms with Crippen LogP contribution in [-0.4, -0.2) is 17.2 Å². The highest BCUT2D eigenvalue weighted by Crippen LogP contribution is 2.40. The highest BCUT2D eigenvalue weighted by atomic mass is 16.5. The van der Waals surface area contributed by atoms with Crippen molar-refractivity contribution >= 4 is 5.91 Å². The average molecular weight is 367 g/mol. The third-order valence-corrected chi connectivity index (χ3v) is 5.35. The van der Waals surface area contributed by atoms with E-state index in [1.165, 1.54) is 23.1 Å². The van der Waals surface area contributed by atoms with Crippen molar-refractivity contribution in [1.82, 2.24) is 10.8 Å². The molecule has 2 unspecified atom stereocenters. The maximum Gasteiger partial charge on any atom is 0.243 e. The minimum Gasteiger partial charge on any atom is -0.309 e. The van der Waals surface area contributed by atoms with E-state index < -0.39 is 0 Å². The van der Waals surface area contributed by atoms with Crippen LogP contribution in [0.4, 0.5) is 0 Å². The molecular formula is C23H30N2O2. The second-order valence-corrected chi connectivity index (χ2v) is 7.51. The van der Waals surface area contributed by atoms with Gasteiger partial charge in [0.1, 0.15) is 0 Å². The number of carbonyl (C=O) groups is 1. The van der Waals surface area contributed by atoms with Crippen molar-refractivity contribution < 1.29 is 10.0 Å². The quantitative estimate of drug-likeness (QED) is 0.315. The molecule has 0 aliphatic heterocycles. The molecule has 3 rings (SSSR count). The minimum absolute atomic E-state index is 0.291. The van der Waals surface area contributed by atoms with Crippen LogP contribution in [0.3, 0.4) is 0 Å². The lowest BCUT2D eigenvalue weighted by Gasteiger charge is -2.07. The van der Waals surface area contributed by atoms with Gasteiger partial charge in [-0.1, -0.05) is 67.4 Å². The van der Waals surface area contributed by atoms with Crippen LogP contribution >= 0.6 is 0 Å². The maximum atomic E-state index is 10.9. The first-order valence-corrected chi connectivity index (χ1v) is 10.1. The molecule has 0 heterocycles. The number of nitrogens with one attached hydrogen (secondary N) is 2. The Morgan fingerprint density at radius 3 is 2.37 bits per heavy atom. The van der Waals surface area contributed by atoms with Crippen LogP contribution < -0.4 is 10.8 Å². The lowest BCUT2D eigenvalue weighted by molar-refractivity contribution is -0.129. The molecule has 4 heteroatoms. The molecule has 0 saturated heterocycles. The standard InChI is InChI=1S/C23H30N2O2/c26-23(25-27)11-7-2-1-4-8-18-12-14-19(15-13-18)17-24-22-16-21(22)20-9-5-3-6-10-20/h3,5-6,9-10,12-15,21-22,24,27H,1-2,4,7-8,11,16-17H2,(H,25,26). The summed E-state index contributed by atoms with van der Waals surface area (Å²) in [6.07, 6.45) is 6.84. The van der Waals surface area contributed by atoms with Gasteiger partial charge in [0, 0.05) is 24.9 Å². The summed E-state index contributed by atoms with van der Waals surface area (Å²) in [5, 5.41) is 12.1. The average Bonchev–Trinajstić information content (AvgIpc) is 3.50. The van der Waals surface area contributed by atoms with Gasteiger partial charge in [-0.2, -0.15) is 0 Å². The molecule has 4 nitrogen and oxygen atoms in total. The molecule has 0 spiro atoms. The molecule has 0 aromatic heterocycles. The largest absolute Gasteiger partial charge is 0.309 e. The van der Waals surface area contributed by atoms with Crippen LogP contribution in [0.25, 0.3) is 0 Å². The fourth-order valence-electron chi connectivity index (χ4n) is 3.59. The molecule has 144 valence electrons. The third-order valence-electron chi connectivity index (χ3n) is 5.35. The van der Waals surface area contributed by atoms with Crippen molar-refractivity contribution in [2.24, 2.45) is 0 Å². The molecule has 2 aromatic carbocycles. The smallest absolute Gasteiger partial charge is 0.243 e. The summed E-state index contributed by atoms with van der Waals surface area (Å²) in [5.74, 6) is 0.384. The number of hydrogen-bond donors (Lipinski definition) is 3. The minimum atomic E-state index is -0.291. The lowest BCUT2D eigenvalue weighted by atomic mass is 10.0. The summed E-state index contributed by atoms with van der Waals surface area (Å²) in [6, 6.07) is 20.3. The Morgan fingerprint density at radius 1 is 0.926 bits per heavy atom. The molecule has 27 heavy (non-hydrogen) atoms. The number of rotatable bonds is 11. The van der Waals surface area contributed by atoms with E-state index in [4.69, 9.17) is 5.21 Å². The number of benzene rings is 2. The molecule has 1 fully saturated rings. The Labute approximate surface area is 162 Å². The monoisotopic (exact) mass is 366 g/mol. The molecule has 1 aliphatic rings. The number of aryl methyl sites for hydroxylation is 1. The lowest BCUT2D eigenvalue weighted by Crippen LogP contribution is -2.17. The van der Waals surface area contributed by atoms with E-state index in [0.29, 0.717) is 18.4 Å². The van der Waals surface area contributed by atoms with E-state index >= 15 is 0 Å². The van der Waals surface area contributed by atoms with Gasteiger partial charge < -0.3 is 5.32 Å². The van der Waals surface area contributed by atoms with Gasteiger partial charge in [0.05, 0.1) is 0 Å². The van der Waals surface area contributed by atoms with E-state index in [1.807, 2.05) is 0 Å². The van der Waals surface area contributed by atoms with Gasteiger partial charge in [-0.25, -0.2) is 5.48 Å². The van der Waals surface area contributed by atoms with Crippen molar-refractivity contribution in [3.05, 3.63) is 71.3 Å². The van der Waals surface area contributed by atoms with Crippen molar-refractivity contribution in [2.45, 2.75) is 63.5 Å². The first-order chi connectivity index (χ1) is 13.3. The maximum absolute atomic E-state index is 10.9. The number of hydrogen-bond acceptors (Lipinski definition) is 3. The van der Waals surface area contributed by atoms with Crippen LogP contribution in [0.15, 0.2) is 54.6 Å². The number of carbonyl (C=O) groups excluding carboxylic acids is 1. The molecule has 0 bridgehead atoms. The Kier molecular flexibility index (Phi) is 7.43. The SMILES string of the molecule is O=C(CCCCCCc1ccc(CNC2CC2c2ccccc2)cc1)NO. The van der Waals surface area contributed by atoms with E-state index in [2.05, 4.69) is 59.9 Å². The van der Waals surface area contributed by atoms with Gasteiger partial charge in [-0.05, 0) is 42.4 Å². The Balaban J connectivity index is 1.30. The van der Waals surface area contributed by atoms with E-state index in [0.717, 1.165) is 38.6 Å². The second-order valence-electron chi connectivity index (χ2n) is 7.51. The first kappa shape index (κ1) is 19.6. The van der Waals surface area contributed by atoms with Crippen molar-refractivity contribution in [3.8, 4) is 0 Å². The number of unbranched alkanes of at least 4 members (excludes halogenated alkanes) is 3. The molecule has 2 atom stereocenters. The summed E-state index contributed by atoms with van der Waals surface area (Å²) in [6.45, 7) is 0.932. The molecule has 0 radical (unpaired) electrons. The van der Waals surface area contributed by atoms with Crippen molar-refractivity contribution in [2.75, 3.05) is 0 Å². The van der Waals surface area contributed by atoms with Crippen molar-refractivity contribution in [3.63, 3.8) is 0 Å². The zero-order valence-corrected chi connectivity index (χ0v) is 15.9. The molecule has 2 aromatic rings. The van der Waals surface area contributed by atoms with Gasteiger partial charge in [-0.3, -0.25) is 10.0 Å². The number of hydroxylamine groups is 1. The summed E-state index contributed by atoms with van der Waals surface area (Å²) >= 11 is 0. The predicted molar refractivity (Wildman–Crippen MR) is 108 cm³/mol. The van der Waals surface area contributed by atoms with Crippen molar-refractivity contribution in [1.29, 1.82) is 0 Å². The van der Waals surface area contributed by atoms with Gasteiger partial charge in [-0.15, -0.1) is 0 Å². The van der Waals surface area contributed by atoms with Gasteiger partial charge in [0.25, 0.3) is 0 Å². The van der Waals surface area contributed by atoms with Crippen LogP contribution in [0, 0.1) is 0 Å². The van der Waals surface area contributed by atoms with Gasteiger partial charge >= 0.3 is 0 Å². The predicted octanol–water partition coefficient (Wildman–Crippen LogP) is 4.33. The van der Waals surface area contributed by atoms with Crippen LogP contribution in [-0.2, 0) is 17.8 Å². The Hall–Kier alpha value is -2.17. The van der Waals surface area contributed by atoms with E-state index in [9.17, 15) is 4.79 Å². The molecule has 3 N–H and O–H groups in total. The van der Waals surface area contributed by atoms with E-state index in [-0.39, 0.29) is 5.91 Å². The van der Waals surface area contributed by atoms with Crippen LogP contribution in [0.2, 0.25) is 0 Å². The number of amides is 1. The topological polar surface area (TPSA) is 61.4 Å². The highest BCUT2D eigenvalue weighted by molar-refractivity contribution is 5.74. The third kappa shape index (κ3) is 6.49. The molecule has 1 amide bonds. The Morgan fingerprint density at radius 2 is 1.63 bits per heavy atom. The second kappa shape index (κ2) is 10.2. The Bertz CT molecular complexity index is 700. The molecule has 1 saturated carbocycles. The van der Waals surface area contributed by atoms with Gasteiger partial charge in [0.2, 0.25) is 5.91 Å². The molecular weight excluding hydrogens is 336 g/mol. The van der Waals surface area contributed by atoms with Gasteiger partial charge in [0.15, 0.2) is 0 Å². The normalized spacial score (nSPS) is 18.3. The summed E-state index contributed by atoms with van der Waals surface area (Å²) in [4.78, 5) is 10.9. The zero-order chi connectivity index (χ0) is 18.9. The van der Waals surface area contributed by atoms with E-state index in [1.54, 1.807) is 5.48 Å². The zero-order valence-electron chi connectivity index (χ0n) is 15.9.